The zero-order valence-electron chi connectivity index (χ0n) is 11.9. The molecule has 2 heterocycles. The fourth-order valence-electron chi connectivity index (χ4n) is 2.12. The Bertz CT molecular complexity index is 665. The summed E-state index contributed by atoms with van der Waals surface area (Å²) in [5.41, 5.74) is 1.39. The van der Waals surface area contributed by atoms with Crippen molar-refractivity contribution in [2.75, 3.05) is 0 Å². The highest BCUT2D eigenvalue weighted by atomic mass is 16.5. The molecule has 0 saturated heterocycles. The predicted octanol–water partition coefficient (Wildman–Crippen LogP) is 1.90. The Morgan fingerprint density at radius 3 is 2.90 bits per heavy atom. The van der Waals surface area contributed by atoms with Crippen LogP contribution in [0.2, 0.25) is 0 Å². The van der Waals surface area contributed by atoms with E-state index in [1.807, 2.05) is 6.92 Å². The van der Waals surface area contributed by atoms with Gasteiger partial charge in [-0.15, -0.1) is 0 Å². The van der Waals surface area contributed by atoms with Crippen LogP contribution in [0.15, 0.2) is 16.8 Å². The van der Waals surface area contributed by atoms with Crippen LogP contribution in [0.4, 0.5) is 0 Å². The largest absolute Gasteiger partial charge is 0.481 e. The van der Waals surface area contributed by atoms with Crippen LogP contribution in [0.3, 0.4) is 0 Å². The number of rotatable bonds is 6. The van der Waals surface area contributed by atoms with Crippen LogP contribution < -0.4 is 5.32 Å². The average molecular weight is 291 g/mol. The van der Waals surface area contributed by atoms with Gasteiger partial charge in [-0.3, -0.25) is 9.59 Å². The van der Waals surface area contributed by atoms with Crippen molar-refractivity contribution in [1.82, 2.24) is 15.5 Å². The molecular weight excluding hydrogens is 274 g/mol. The summed E-state index contributed by atoms with van der Waals surface area (Å²) in [4.78, 5) is 27.0. The number of aryl methyl sites for hydroxylation is 1. The first kappa shape index (κ1) is 15.0. The van der Waals surface area contributed by atoms with Crippen molar-refractivity contribution in [3.63, 3.8) is 0 Å². The molecule has 0 aliphatic heterocycles. The Hall–Kier alpha value is -2.44. The summed E-state index contributed by atoms with van der Waals surface area (Å²) in [6, 6.07) is 1.26. The van der Waals surface area contributed by atoms with E-state index in [4.69, 9.17) is 9.63 Å². The number of nitrogens with zero attached hydrogens (tertiary/aromatic N) is 2. The van der Waals surface area contributed by atoms with Gasteiger partial charge in [0.1, 0.15) is 0 Å². The SMILES string of the molecule is CCCC(CC(=O)O)NC(=O)c1cnc2onc(C)c2c1. The number of aliphatic carboxylic acids is 1. The van der Waals surface area contributed by atoms with Gasteiger partial charge >= 0.3 is 5.97 Å². The van der Waals surface area contributed by atoms with Crippen molar-refractivity contribution in [3.05, 3.63) is 23.5 Å². The zero-order chi connectivity index (χ0) is 15.4. The van der Waals surface area contributed by atoms with E-state index in [0.29, 0.717) is 28.8 Å². The second-order valence-electron chi connectivity index (χ2n) is 4.90. The first-order valence-corrected chi connectivity index (χ1v) is 6.76. The molecule has 2 aromatic heterocycles. The Kier molecular flexibility index (Phi) is 4.52. The molecule has 2 N–H and O–H groups in total. The number of carboxylic acid groups (broad SMARTS) is 1. The first-order valence-electron chi connectivity index (χ1n) is 6.76. The highest BCUT2D eigenvalue weighted by Crippen LogP contribution is 2.17. The Balaban J connectivity index is 2.16. The van der Waals surface area contributed by atoms with Gasteiger partial charge in [0.15, 0.2) is 0 Å². The lowest BCUT2D eigenvalue weighted by molar-refractivity contribution is -0.137. The number of amides is 1. The number of carbonyl (C=O) groups excluding carboxylic acids is 1. The van der Waals surface area contributed by atoms with Gasteiger partial charge in [0.25, 0.3) is 11.6 Å². The topological polar surface area (TPSA) is 105 Å². The third-order valence-electron chi connectivity index (χ3n) is 3.17. The fraction of sp³-hybridized carbons (Fsp3) is 0.429. The minimum atomic E-state index is -0.933. The lowest BCUT2D eigenvalue weighted by Crippen LogP contribution is -2.36. The molecule has 1 amide bonds. The Labute approximate surface area is 121 Å². The number of fused-ring (bicyclic) bond motifs is 1. The molecule has 2 aromatic rings. The number of aromatic nitrogens is 2. The number of carbonyl (C=O) groups is 2. The summed E-state index contributed by atoms with van der Waals surface area (Å²) >= 11 is 0. The standard InChI is InChI=1S/C14H17N3O4/c1-3-4-10(6-12(18)19)16-13(20)9-5-11-8(2)17-21-14(11)15-7-9/h5,7,10H,3-4,6H2,1-2H3,(H,16,20)(H,18,19). The summed E-state index contributed by atoms with van der Waals surface area (Å²) in [6.45, 7) is 3.70. The van der Waals surface area contributed by atoms with Gasteiger partial charge in [-0.05, 0) is 19.4 Å². The zero-order valence-corrected chi connectivity index (χ0v) is 11.9. The molecule has 112 valence electrons. The van der Waals surface area contributed by atoms with Crippen molar-refractivity contribution >= 4 is 23.0 Å². The van der Waals surface area contributed by atoms with Gasteiger partial charge in [0.2, 0.25) is 0 Å². The maximum Gasteiger partial charge on any atom is 0.305 e. The predicted molar refractivity (Wildman–Crippen MR) is 75.0 cm³/mol. The van der Waals surface area contributed by atoms with Gasteiger partial charge in [0.05, 0.1) is 23.1 Å². The number of nitrogens with one attached hydrogen (secondary N) is 1. The van der Waals surface area contributed by atoms with E-state index in [9.17, 15) is 9.59 Å². The van der Waals surface area contributed by atoms with E-state index in [-0.39, 0.29) is 18.4 Å². The van der Waals surface area contributed by atoms with E-state index in [2.05, 4.69) is 15.5 Å². The molecule has 7 nitrogen and oxygen atoms in total. The second kappa shape index (κ2) is 6.34. The second-order valence-corrected chi connectivity index (χ2v) is 4.90. The van der Waals surface area contributed by atoms with Crippen LogP contribution >= 0.6 is 0 Å². The summed E-state index contributed by atoms with van der Waals surface area (Å²) in [5.74, 6) is -1.28. The Morgan fingerprint density at radius 2 is 2.24 bits per heavy atom. The average Bonchev–Trinajstić information content (AvgIpc) is 2.79. The monoisotopic (exact) mass is 291 g/mol. The van der Waals surface area contributed by atoms with E-state index in [1.165, 1.54) is 6.20 Å². The van der Waals surface area contributed by atoms with E-state index in [1.54, 1.807) is 13.0 Å². The van der Waals surface area contributed by atoms with Gasteiger partial charge in [0, 0.05) is 12.2 Å². The number of hydrogen-bond acceptors (Lipinski definition) is 5. The summed E-state index contributed by atoms with van der Waals surface area (Å²) < 4.78 is 4.99. The molecule has 0 saturated carbocycles. The highest BCUT2D eigenvalue weighted by molar-refractivity contribution is 5.97. The minimum absolute atomic E-state index is 0.0957. The van der Waals surface area contributed by atoms with Crippen LogP contribution in [0, 0.1) is 6.92 Å². The number of pyridine rings is 1. The molecule has 0 bridgehead atoms. The van der Waals surface area contributed by atoms with E-state index >= 15 is 0 Å². The molecule has 0 spiro atoms. The molecule has 1 unspecified atom stereocenters. The smallest absolute Gasteiger partial charge is 0.305 e. The number of hydrogen-bond donors (Lipinski definition) is 2. The Morgan fingerprint density at radius 1 is 1.48 bits per heavy atom. The summed E-state index contributed by atoms with van der Waals surface area (Å²) in [7, 11) is 0. The molecular formula is C14H17N3O4. The summed E-state index contributed by atoms with van der Waals surface area (Å²) in [6.07, 6.45) is 2.70. The lowest BCUT2D eigenvalue weighted by atomic mass is 10.1. The third kappa shape index (κ3) is 3.56. The minimum Gasteiger partial charge on any atom is -0.481 e. The van der Waals surface area contributed by atoms with Gasteiger partial charge in [-0.1, -0.05) is 18.5 Å². The molecule has 21 heavy (non-hydrogen) atoms. The van der Waals surface area contributed by atoms with Crippen LogP contribution in [0.5, 0.6) is 0 Å². The van der Waals surface area contributed by atoms with Crippen molar-refractivity contribution in [3.8, 4) is 0 Å². The van der Waals surface area contributed by atoms with Crippen molar-refractivity contribution in [2.45, 2.75) is 39.2 Å². The molecule has 0 aliphatic rings. The summed E-state index contributed by atoms with van der Waals surface area (Å²) in [5, 5.41) is 16.0. The van der Waals surface area contributed by atoms with Crippen LogP contribution in [0.25, 0.3) is 11.1 Å². The lowest BCUT2D eigenvalue weighted by Gasteiger charge is -2.15. The first-order chi connectivity index (χ1) is 10.0. The number of carboxylic acids is 1. The molecule has 0 aliphatic carbocycles. The van der Waals surface area contributed by atoms with Crippen molar-refractivity contribution in [2.24, 2.45) is 0 Å². The van der Waals surface area contributed by atoms with Crippen LogP contribution in [0.1, 0.15) is 42.2 Å². The van der Waals surface area contributed by atoms with Crippen molar-refractivity contribution < 1.29 is 19.2 Å². The van der Waals surface area contributed by atoms with Gasteiger partial charge in [-0.25, -0.2) is 4.98 Å². The molecule has 0 fully saturated rings. The maximum atomic E-state index is 12.2. The highest BCUT2D eigenvalue weighted by Gasteiger charge is 2.17. The van der Waals surface area contributed by atoms with Gasteiger partial charge in [-0.2, -0.15) is 0 Å². The van der Waals surface area contributed by atoms with Crippen LogP contribution in [-0.4, -0.2) is 33.2 Å². The van der Waals surface area contributed by atoms with E-state index in [0.717, 1.165) is 6.42 Å². The fourth-order valence-corrected chi connectivity index (χ4v) is 2.12. The van der Waals surface area contributed by atoms with E-state index < -0.39 is 5.97 Å². The van der Waals surface area contributed by atoms with Crippen LogP contribution in [-0.2, 0) is 4.79 Å². The molecule has 0 radical (unpaired) electrons. The molecule has 7 heteroatoms. The molecule has 1 atom stereocenters. The van der Waals surface area contributed by atoms with Gasteiger partial charge < -0.3 is 14.9 Å². The molecule has 2 rings (SSSR count). The normalized spacial score (nSPS) is 12.3. The third-order valence-corrected chi connectivity index (χ3v) is 3.17. The molecule has 0 aromatic carbocycles. The van der Waals surface area contributed by atoms with Crippen molar-refractivity contribution in [1.29, 1.82) is 0 Å². The maximum absolute atomic E-state index is 12.2. The quantitative estimate of drug-likeness (QED) is 0.842.